The molecular formula is C26H22N4O3S. The molecular weight excluding hydrogens is 448 g/mol. The second-order valence-corrected chi connectivity index (χ2v) is 9.56. The lowest BCUT2D eigenvalue weighted by molar-refractivity contribution is -0.123. The number of aromatic nitrogens is 3. The summed E-state index contributed by atoms with van der Waals surface area (Å²) in [6, 6.07) is 20.2. The Morgan fingerprint density at radius 1 is 1.06 bits per heavy atom. The molecule has 0 aliphatic rings. The average molecular weight is 471 g/mol. The number of carbonyl (C=O) groups is 1. The van der Waals surface area contributed by atoms with Crippen LogP contribution in [0.4, 0.5) is 5.69 Å². The summed E-state index contributed by atoms with van der Waals surface area (Å²) in [5.41, 5.74) is 2.63. The maximum atomic E-state index is 13.1. The summed E-state index contributed by atoms with van der Waals surface area (Å²) in [6.45, 7) is 5.37. The van der Waals surface area contributed by atoms with Crippen LogP contribution in [0.5, 0.6) is 0 Å². The van der Waals surface area contributed by atoms with Crippen LogP contribution in [-0.4, -0.2) is 20.7 Å². The van der Waals surface area contributed by atoms with Gasteiger partial charge in [0, 0.05) is 17.3 Å². The third-order valence-electron chi connectivity index (χ3n) is 5.59. The molecule has 0 saturated heterocycles. The number of nitrogens with one attached hydrogen (secondary N) is 1. The van der Waals surface area contributed by atoms with Gasteiger partial charge in [0.1, 0.15) is 16.2 Å². The maximum Gasteiger partial charge on any atom is 0.267 e. The minimum absolute atomic E-state index is 0.359. The van der Waals surface area contributed by atoms with Crippen LogP contribution in [0.15, 0.2) is 82.2 Å². The van der Waals surface area contributed by atoms with Gasteiger partial charge in [-0.2, -0.15) is 5.10 Å². The van der Waals surface area contributed by atoms with Crippen LogP contribution >= 0.6 is 11.3 Å². The van der Waals surface area contributed by atoms with E-state index in [0.29, 0.717) is 17.1 Å². The Morgan fingerprint density at radius 2 is 1.85 bits per heavy atom. The summed E-state index contributed by atoms with van der Waals surface area (Å²) in [5, 5.41) is 8.19. The molecule has 0 aliphatic heterocycles. The third kappa shape index (κ3) is 4.04. The van der Waals surface area contributed by atoms with Crippen LogP contribution in [-0.2, 0) is 10.3 Å². The molecule has 3 heterocycles. The lowest BCUT2D eigenvalue weighted by Crippen LogP contribution is -2.47. The van der Waals surface area contributed by atoms with Gasteiger partial charge in [0.2, 0.25) is 0 Å². The number of aryl methyl sites for hydroxylation is 1. The van der Waals surface area contributed by atoms with E-state index in [1.807, 2.05) is 30.3 Å². The number of hydrogen-bond acceptors (Lipinski definition) is 6. The molecule has 0 radical (unpaired) electrons. The Morgan fingerprint density at radius 3 is 2.59 bits per heavy atom. The number of nitrogens with zero attached hydrogens (tertiary/aromatic N) is 3. The molecule has 8 heteroatoms. The summed E-state index contributed by atoms with van der Waals surface area (Å²) in [4.78, 5) is 30.4. The van der Waals surface area contributed by atoms with Gasteiger partial charge in [0.05, 0.1) is 16.5 Å². The molecule has 2 aromatic carbocycles. The first-order valence-corrected chi connectivity index (χ1v) is 11.6. The summed E-state index contributed by atoms with van der Waals surface area (Å²) < 4.78 is 7.69. The summed E-state index contributed by atoms with van der Waals surface area (Å²) in [7, 11) is 0. The van der Waals surface area contributed by atoms with Crippen molar-refractivity contribution in [1.82, 2.24) is 14.8 Å². The molecule has 34 heavy (non-hydrogen) atoms. The molecule has 0 fully saturated rings. The van der Waals surface area contributed by atoms with E-state index in [4.69, 9.17) is 9.40 Å². The SMILES string of the molecule is Cc1ccc2nc(-c3ccc(NC(=O)C(C)(C)n4nc(-c5ccco5)ccc4=O)cc3)sc2c1. The molecule has 1 amide bonds. The van der Waals surface area contributed by atoms with Crippen molar-refractivity contribution in [1.29, 1.82) is 0 Å². The van der Waals surface area contributed by atoms with Crippen LogP contribution in [0.3, 0.4) is 0 Å². The second-order valence-electron chi connectivity index (χ2n) is 8.53. The first-order chi connectivity index (χ1) is 16.3. The molecule has 7 nitrogen and oxygen atoms in total. The van der Waals surface area contributed by atoms with Gasteiger partial charge in [0.25, 0.3) is 11.5 Å². The number of anilines is 1. The number of fused-ring (bicyclic) bond motifs is 1. The highest BCUT2D eigenvalue weighted by atomic mass is 32.1. The number of thiazole rings is 1. The van der Waals surface area contributed by atoms with Crippen molar-refractivity contribution in [2.45, 2.75) is 26.3 Å². The number of rotatable bonds is 5. The van der Waals surface area contributed by atoms with E-state index in [9.17, 15) is 9.59 Å². The Balaban J connectivity index is 1.37. The van der Waals surface area contributed by atoms with Gasteiger partial charge in [-0.3, -0.25) is 9.59 Å². The average Bonchev–Trinajstić information content (AvgIpc) is 3.49. The molecule has 0 unspecified atom stereocenters. The van der Waals surface area contributed by atoms with Gasteiger partial charge in [-0.1, -0.05) is 6.07 Å². The van der Waals surface area contributed by atoms with Crippen molar-refractivity contribution < 1.29 is 9.21 Å². The molecule has 1 N–H and O–H groups in total. The quantitative estimate of drug-likeness (QED) is 0.368. The van der Waals surface area contributed by atoms with Gasteiger partial charge in [-0.15, -0.1) is 11.3 Å². The van der Waals surface area contributed by atoms with Gasteiger partial charge < -0.3 is 9.73 Å². The van der Waals surface area contributed by atoms with Crippen molar-refractivity contribution in [3.05, 3.63) is 88.9 Å². The Bertz CT molecular complexity index is 1550. The van der Waals surface area contributed by atoms with Crippen LogP contribution in [0.2, 0.25) is 0 Å². The maximum absolute atomic E-state index is 13.1. The standard InChI is InChI=1S/C26H22N4O3S/c1-16-6-11-20-22(15-16)34-24(28-20)17-7-9-18(10-8-17)27-25(32)26(2,3)30-23(31)13-12-19(29-30)21-5-4-14-33-21/h4-15H,1-3H3,(H,27,32). The predicted octanol–water partition coefficient (Wildman–Crippen LogP) is 5.46. The van der Waals surface area contributed by atoms with Crippen molar-refractivity contribution in [2.24, 2.45) is 0 Å². The smallest absolute Gasteiger partial charge is 0.267 e. The Hall–Kier alpha value is -4.04. The zero-order valence-corrected chi connectivity index (χ0v) is 19.7. The van der Waals surface area contributed by atoms with Gasteiger partial charge in [-0.25, -0.2) is 9.67 Å². The van der Waals surface area contributed by atoms with Gasteiger partial charge in [0.15, 0.2) is 5.76 Å². The summed E-state index contributed by atoms with van der Waals surface area (Å²) in [5.74, 6) is 0.160. The van der Waals surface area contributed by atoms with Crippen LogP contribution in [0.25, 0.3) is 32.2 Å². The topological polar surface area (TPSA) is 90.0 Å². The fourth-order valence-corrected chi connectivity index (χ4v) is 4.67. The van der Waals surface area contributed by atoms with Crippen LogP contribution in [0, 0.1) is 6.92 Å². The zero-order valence-electron chi connectivity index (χ0n) is 18.9. The summed E-state index contributed by atoms with van der Waals surface area (Å²) in [6.07, 6.45) is 1.53. The minimum Gasteiger partial charge on any atom is -0.463 e. The van der Waals surface area contributed by atoms with E-state index in [2.05, 4.69) is 29.5 Å². The van der Waals surface area contributed by atoms with E-state index in [1.54, 1.807) is 43.4 Å². The zero-order chi connectivity index (χ0) is 23.9. The van der Waals surface area contributed by atoms with Crippen LogP contribution < -0.4 is 10.9 Å². The molecule has 3 aromatic heterocycles. The molecule has 170 valence electrons. The van der Waals surface area contributed by atoms with E-state index in [1.165, 1.54) is 22.6 Å². The van der Waals surface area contributed by atoms with Crippen molar-refractivity contribution in [3.8, 4) is 22.0 Å². The number of furan rings is 1. The number of amides is 1. The Labute approximate surface area is 199 Å². The van der Waals surface area contributed by atoms with Crippen molar-refractivity contribution in [3.63, 3.8) is 0 Å². The molecule has 0 saturated carbocycles. The highest BCUT2D eigenvalue weighted by molar-refractivity contribution is 7.21. The minimum atomic E-state index is -1.23. The highest BCUT2D eigenvalue weighted by Crippen LogP contribution is 2.31. The number of hydrogen-bond donors (Lipinski definition) is 1. The fraction of sp³-hybridized carbons (Fsp3) is 0.154. The predicted molar refractivity (Wildman–Crippen MR) is 134 cm³/mol. The van der Waals surface area contributed by atoms with E-state index >= 15 is 0 Å². The van der Waals surface area contributed by atoms with E-state index < -0.39 is 5.54 Å². The normalized spacial score (nSPS) is 11.6. The van der Waals surface area contributed by atoms with Gasteiger partial charge in [-0.05, 0) is 80.9 Å². The first-order valence-electron chi connectivity index (χ1n) is 10.7. The molecule has 5 aromatic rings. The molecule has 0 spiro atoms. The van der Waals surface area contributed by atoms with E-state index in [-0.39, 0.29) is 11.5 Å². The third-order valence-corrected chi connectivity index (χ3v) is 6.66. The Kier molecular flexibility index (Phi) is 5.37. The monoisotopic (exact) mass is 470 g/mol. The van der Waals surface area contributed by atoms with E-state index in [0.717, 1.165) is 20.8 Å². The van der Waals surface area contributed by atoms with Gasteiger partial charge >= 0.3 is 0 Å². The van der Waals surface area contributed by atoms with Crippen molar-refractivity contribution in [2.75, 3.05) is 5.32 Å². The summed E-state index contributed by atoms with van der Waals surface area (Å²) >= 11 is 1.64. The van der Waals surface area contributed by atoms with Crippen LogP contribution in [0.1, 0.15) is 19.4 Å². The highest BCUT2D eigenvalue weighted by Gasteiger charge is 2.32. The molecule has 5 rings (SSSR count). The first kappa shape index (κ1) is 21.8. The molecule has 0 bridgehead atoms. The second kappa shape index (κ2) is 8.39. The lowest BCUT2D eigenvalue weighted by Gasteiger charge is -2.25. The molecule has 0 atom stereocenters. The van der Waals surface area contributed by atoms with Crippen molar-refractivity contribution >= 4 is 33.1 Å². The number of benzene rings is 2. The largest absolute Gasteiger partial charge is 0.463 e. The lowest BCUT2D eigenvalue weighted by atomic mass is 10.0. The fourth-order valence-electron chi connectivity index (χ4n) is 3.60. The number of carbonyl (C=O) groups excluding carboxylic acids is 1. The molecule has 0 aliphatic carbocycles.